The number of nitrogens with zero attached hydrogens (tertiary/aromatic N) is 1. The fourth-order valence-electron chi connectivity index (χ4n) is 2.82. The van der Waals surface area contributed by atoms with Crippen molar-refractivity contribution in [1.82, 2.24) is 4.98 Å². The monoisotopic (exact) mass is 264 g/mol. The molecular formula is C18H20N2. The Bertz CT molecular complexity index is 678. The third kappa shape index (κ3) is 2.14. The van der Waals surface area contributed by atoms with Gasteiger partial charge in [-0.2, -0.15) is 0 Å². The van der Waals surface area contributed by atoms with Gasteiger partial charge in [-0.05, 0) is 49.8 Å². The quantitative estimate of drug-likeness (QED) is 0.845. The summed E-state index contributed by atoms with van der Waals surface area (Å²) >= 11 is 0. The van der Waals surface area contributed by atoms with Crippen LogP contribution in [0.1, 0.15) is 30.4 Å². The molecule has 2 heteroatoms. The van der Waals surface area contributed by atoms with E-state index < -0.39 is 0 Å². The zero-order chi connectivity index (χ0) is 14.1. The molecule has 1 aliphatic carbocycles. The van der Waals surface area contributed by atoms with Crippen LogP contribution in [0.15, 0.2) is 24.4 Å². The molecule has 2 nitrogen and oxygen atoms in total. The van der Waals surface area contributed by atoms with Crippen LogP contribution in [-0.2, 0) is 0 Å². The number of aryl methyl sites for hydroxylation is 2. The Morgan fingerprint density at radius 2 is 2.10 bits per heavy atom. The summed E-state index contributed by atoms with van der Waals surface area (Å²) in [5.74, 6) is 3.53. The minimum atomic E-state index is 0.135. The van der Waals surface area contributed by atoms with Gasteiger partial charge < -0.3 is 5.32 Å². The molecule has 1 aliphatic rings. The Hall–Kier alpha value is -2.01. The van der Waals surface area contributed by atoms with Crippen molar-refractivity contribution in [2.75, 3.05) is 5.32 Å². The largest absolute Gasteiger partial charge is 0.371 e. The lowest BCUT2D eigenvalue weighted by Gasteiger charge is -2.32. The summed E-state index contributed by atoms with van der Waals surface area (Å²) in [7, 11) is 0. The summed E-state index contributed by atoms with van der Waals surface area (Å²) in [6, 6.07) is 6.45. The predicted molar refractivity (Wildman–Crippen MR) is 84.8 cm³/mol. The molecule has 0 saturated heterocycles. The fourth-order valence-corrected chi connectivity index (χ4v) is 2.82. The van der Waals surface area contributed by atoms with Crippen molar-refractivity contribution in [2.24, 2.45) is 5.92 Å². The molecule has 1 N–H and O–H groups in total. The molecule has 1 heterocycles. The molecule has 1 atom stereocenters. The summed E-state index contributed by atoms with van der Waals surface area (Å²) in [5, 5.41) is 4.71. The number of anilines is 1. The standard InChI is InChI=1S/C18H20N2/c1-4-16(14-6-5-7-14)20-17-10-11-19-18-13(3)12(2)8-9-15(17)18/h1,8-11,14,16H,5-7H2,2-3H3,(H,19,20)/t16-/m0/s1. The van der Waals surface area contributed by atoms with Crippen LogP contribution in [0.2, 0.25) is 0 Å². The number of hydrogen-bond donors (Lipinski definition) is 1. The molecule has 2 aromatic rings. The van der Waals surface area contributed by atoms with Crippen molar-refractivity contribution >= 4 is 16.6 Å². The average molecular weight is 264 g/mol. The van der Waals surface area contributed by atoms with E-state index in [9.17, 15) is 0 Å². The molecule has 102 valence electrons. The highest BCUT2D eigenvalue weighted by atomic mass is 14.9. The summed E-state index contributed by atoms with van der Waals surface area (Å²) in [5.41, 5.74) is 4.69. The molecule has 0 bridgehead atoms. The van der Waals surface area contributed by atoms with Crippen LogP contribution < -0.4 is 5.32 Å². The van der Waals surface area contributed by atoms with Crippen LogP contribution in [0.25, 0.3) is 10.9 Å². The van der Waals surface area contributed by atoms with Gasteiger partial charge in [-0.15, -0.1) is 6.42 Å². The molecule has 0 unspecified atom stereocenters. The molecule has 0 spiro atoms. The van der Waals surface area contributed by atoms with Crippen LogP contribution in [0, 0.1) is 32.1 Å². The van der Waals surface area contributed by atoms with Gasteiger partial charge in [0.2, 0.25) is 0 Å². The lowest BCUT2D eigenvalue weighted by atomic mass is 9.80. The molecule has 1 aromatic heterocycles. The number of aromatic nitrogens is 1. The minimum absolute atomic E-state index is 0.135. The van der Waals surface area contributed by atoms with Crippen molar-refractivity contribution in [3.63, 3.8) is 0 Å². The SMILES string of the molecule is C#C[C@H](Nc1ccnc2c(C)c(C)ccc12)C1CCC1. The Morgan fingerprint density at radius 1 is 1.30 bits per heavy atom. The zero-order valence-corrected chi connectivity index (χ0v) is 12.1. The Labute approximate surface area is 120 Å². The first-order valence-corrected chi connectivity index (χ1v) is 7.28. The van der Waals surface area contributed by atoms with Crippen LogP contribution >= 0.6 is 0 Å². The molecule has 20 heavy (non-hydrogen) atoms. The highest BCUT2D eigenvalue weighted by molar-refractivity contribution is 5.93. The Kier molecular flexibility index (Phi) is 3.36. The van der Waals surface area contributed by atoms with Gasteiger partial charge in [-0.25, -0.2) is 0 Å². The Morgan fingerprint density at radius 3 is 2.75 bits per heavy atom. The van der Waals surface area contributed by atoms with Crippen LogP contribution in [0.4, 0.5) is 5.69 Å². The van der Waals surface area contributed by atoms with E-state index in [1.807, 2.05) is 12.3 Å². The van der Waals surface area contributed by atoms with E-state index in [0.717, 1.165) is 16.6 Å². The molecule has 0 aliphatic heterocycles. The van der Waals surface area contributed by atoms with E-state index in [4.69, 9.17) is 6.42 Å². The summed E-state index contributed by atoms with van der Waals surface area (Å²) in [4.78, 5) is 4.52. The smallest absolute Gasteiger partial charge is 0.0902 e. The van der Waals surface area contributed by atoms with Gasteiger partial charge >= 0.3 is 0 Å². The minimum Gasteiger partial charge on any atom is -0.371 e. The van der Waals surface area contributed by atoms with Crippen LogP contribution in [-0.4, -0.2) is 11.0 Å². The van der Waals surface area contributed by atoms with Gasteiger partial charge in [0.1, 0.15) is 0 Å². The van der Waals surface area contributed by atoms with Crippen LogP contribution in [0.3, 0.4) is 0 Å². The topological polar surface area (TPSA) is 24.9 Å². The molecule has 1 fully saturated rings. The molecule has 1 saturated carbocycles. The number of hydrogen-bond acceptors (Lipinski definition) is 2. The van der Waals surface area contributed by atoms with E-state index in [2.05, 4.69) is 42.2 Å². The summed E-state index contributed by atoms with van der Waals surface area (Å²) in [6.45, 7) is 4.24. The molecule has 0 amide bonds. The molecule has 3 rings (SSSR count). The lowest BCUT2D eigenvalue weighted by Crippen LogP contribution is -2.32. The van der Waals surface area contributed by atoms with E-state index >= 15 is 0 Å². The second-order valence-corrected chi connectivity index (χ2v) is 5.74. The summed E-state index contributed by atoms with van der Waals surface area (Å²) < 4.78 is 0. The van der Waals surface area contributed by atoms with Crippen molar-refractivity contribution in [3.8, 4) is 12.3 Å². The van der Waals surface area contributed by atoms with Crippen molar-refractivity contribution in [2.45, 2.75) is 39.2 Å². The van der Waals surface area contributed by atoms with E-state index in [0.29, 0.717) is 5.92 Å². The van der Waals surface area contributed by atoms with Crippen LogP contribution in [0.5, 0.6) is 0 Å². The maximum absolute atomic E-state index is 5.70. The average Bonchev–Trinajstić information content (AvgIpc) is 2.40. The number of benzene rings is 1. The number of nitrogens with one attached hydrogen (secondary N) is 1. The zero-order valence-electron chi connectivity index (χ0n) is 12.1. The third-order valence-corrected chi connectivity index (χ3v) is 4.55. The first kappa shape index (κ1) is 13.0. The maximum Gasteiger partial charge on any atom is 0.0902 e. The third-order valence-electron chi connectivity index (χ3n) is 4.55. The first-order chi connectivity index (χ1) is 9.70. The predicted octanol–water partition coefficient (Wildman–Crippen LogP) is 4.07. The van der Waals surface area contributed by atoms with E-state index in [-0.39, 0.29) is 6.04 Å². The first-order valence-electron chi connectivity index (χ1n) is 7.28. The second kappa shape index (κ2) is 5.17. The summed E-state index contributed by atoms with van der Waals surface area (Å²) in [6.07, 6.45) is 11.4. The highest BCUT2D eigenvalue weighted by Crippen LogP contribution is 2.33. The van der Waals surface area contributed by atoms with Gasteiger partial charge in [0.05, 0.1) is 11.6 Å². The van der Waals surface area contributed by atoms with Crippen molar-refractivity contribution in [3.05, 3.63) is 35.5 Å². The molecule has 1 aromatic carbocycles. The Balaban J connectivity index is 1.99. The maximum atomic E-state index is 5.70. The fraction of sp³-hybridized carbons (Fsp3) is 0.389. The van der Waals surface area contributed by atoms with Crippen molar-refractivity contribution in [1.29, 1.82) is 0 Å². The normalized spacial score (nSPS) is 16.4. The van der Waals surface area contributed by atoms with E-state index in [1.165, 1.54) is 30.4 Å². The van der Waals surface area contributed by atoms with Gasteiger partial charge in [-0.3, -0.25) is 4.98 Å². The van der Waals surface area contributed by atoms with Gasteiger partial charge in [0.25, 0.3) is 0 Å². The highest BCUT2D eigenvalue weighted by Gasteiger charge is 2.26. The van der Waals surface area contributed by atoms with Gasteiger partial charge in [0.15, 0.2) is 0 Å². The lowest BCUT2D eigenvalue weighted by molar-refractivity contribution is 0.304. The molecule has 0 radical (unpaired) electrons. The number of rotatable bonds is 3. The van der Waals surface area contributed by atoms with E-state index in [1.54, 1.807) is 0 Å². The second-order valence-electron chi connectivity index (χ2n) is 5.74. The number of fused-ring (bicyclic) bond motifs is 1. The van der Waals surface area contributed by atoms with Gasteiger partial charge in [0, 0.05) is 17.3 Å². The number of terminal acetylenes is 1. The van der Waals surface area contributed by atoms with Gasteiger partial charge in [-0.1, -0.05) is 24.5 Å². The number of pyridine rings is 1. The molecular weight excluding hydrogens is 244 g/mol. The van der Waals surface area contributed by atoms with Crippen molar-refractivity contribution < 1.29 is 0 Å².